The normalized spacial score (nSPS) is 21.8. The average Bonchev–Trinajstić information content (AvgIpc) is 2.58. The number of amides is 2. The summed E-state index contributed by atoms with van der Waals surface area (Å²) in [5, 5.41) is 12.3. The van der Waals surface area contributed by atoms with Gasteiger partial charge in [-0.05, 0) is 49.3 Å². The van der Waals surface area contributed by atoms with Gasteiger partial charge >= 0.3 is 0 Å². The van der Waals surface area contributed by atoms with E-state index in [2.05, 4.69) is 5.32 Å². The van der Waals surface area contributed by atoms with Crippen LogP contribution in [0.25, 0.3) is 0 Å². The number of hydrogen-bond donors (Lipinski definition) is 2. The number of benzene rings is 1. The summed E-state index contributed by atoms with van der Waals surface area (Å²) in [4.78, 5) is 26.0. The van der Waals surface area contributed by atoms with Gasteiger partial charge in [0.05, 0.1) is 5.92 Å². The van der Waals surface area contributed by atoms with E-state index in [1.165, 1.54) is 0 Å². The molecule has 1 spiro atoms. The van der Waals surface area contributed by atoms with Gasteiger partial charge in [-0.2, -0.15) is 0 Å². The van der Waals surface area contributed by atoms with Gasteiger partial charge in [0.2, 0.25) is 11.8 Å². The predicted molar refractivity (Wildman–Crippen MR) is 87.0 cm³/mol. The quantitative estimate of drug-likeness (QED) is 0.877. The highest BCUT2D eigenvalue weighted by atomic mass is 16.3. The van der Waals surface area contributed by atoms with Crippen molar-refractivity contribution in [2.75, 3.05) is 19.6 Å². The van der Waals surface area contributed by atoms with Gasteiger partial charge in [0.15, 0.2) is 0 Å². The number of hydrogen-bond acceptors (Lipinski definition) is 3. The van der Waals surface area contributed by atoms with Crippen LogP contribution in [0.2, 0.25) is 0 Å². The van der Waals surface area contributed by atoms with Crippen LogP contribution in [0.4, 0.5) is 0 Å². The maximum Gasteiger partial charge on any atom is 0.229 e. The SMILES string of the molecule is CC(C(=O)N1CCC2(CCC(=O)NC2)CC1)c1ccc(O)cc1. The first-order chi connectivity index (χ1) is 11.0. The zero-order valence-electron chi connectivity index (χ0n) is 13.5. The number of rotatable bonds is 2. The molecule has 2 saturated heterocycles. The fourth-order valence-electron chi connectivity index (χ4n) is 3.65. The molecule has 1 aromatic rings. The summed E-state index contributed by atoms with van der Waals surface area (Å²) < 4.78 is 0. The van der Waals surface area contributed by atoms with E-state index in [1.54, 1.807) is 24.3 Å². The van der Waals surface area contributed by atoms with Gasteiger partial charge in [-0.15, -0.1) is 0 Å². The predicted octanol–water partition coefficient (Wildman–Crippen LogP) is 2.01. The van der Waals surface area contributed by atoms with Gasteiger partial charge in [-0.25, -0.2) is 0 Å². The van der Waals surface area contributed by atoms with Crippen molar-refractivity contribution in [3.8, 4) is 5.75 Å². The Bertz CT molecular complexity index is 577. The number of piperidine rings is 2. The van der Waals surface area contributed by atoms with Crippen LogP contribution >= 0.6 is 0 Å². The van der Waals surface area contributed by atoms with Crippen molar-refractivity contribution >= 4 is 11.8 Å². The molecular formula is C18H24N2O3. The summed E-state index contributed by atoms with van der Waals surface area (Å²) in [5.74, 6) is 0.309. The Morgan fingerprint density at radius 3 is 2.43 bits per heavy atom. The molecule has 1 atom stereocenters. The lowest BCUT2D eigenvalue weighted by molar-refractivity contribution is -0.136. The molecule has 23 heavy (non-hydrogen) atoms. The summed E-state index contributed by atoms with van der Waals surface area (Å²) in [7, 11) is 0. The minimum absolute atomic E-state index is 0.144. The lowest BCUT2D eigenvalue weighted by Crippen LogP contribution is -2.51. The number of phenols is 1. The molecule has 0 aliphatic carbocycles. The Hall–Kier alpha value is -2.04. The third kappa shape index (κ3) is 3.33. The van der Waals surface area contributed by atoms with E-state index in [4.69, 9.17) is 0 Å². The average molecular weight is 316 g/mol. The molecule has 0 radical (unpaired) electrons. The zero-order valence-corrected chi connectivity index (χ0v) is 13.5. The molecule has 2 N–H and O–H groups in total. The molecule has 5 heteroatoms. The summed E-state index contributed by atoms with van der Waals surface area (Å²) in [6, 6.07) is 6.85. The number of phenolic OH excluding ortho intramolecular Hbond substituents is 1. The van der Waals surface area contributed by atoms with Crippen LogP contribution in [-0.4, -0.2) is 41.5 Å². The third-order valence-electron chi connectivity index (χ3n) is 5.44. The van der Waals surface area contributed by atoms with Crippen LogP contribution < -0.4 is 5.32 Å². The Kier molecular flexibility index (Phi) is 4.28. The highest BCUT2D eigenvalue weighted by molar-refractivity contribution is 5.83. The van der Waals surface area contributed by atoms with E-state index < -0.39 is 0 Å². The van der Waals surface area contributed by atoms with Crippen LogP contribution in [0, 0.1) is 5.41 Å². The number of carbonyl (C=O) groups is 2. The molecule has 0 bridgehead atoms. The first-order valence-electron chi connectivity index (χ1n) is 8.34. The molecule has 0 aromatic heterocycles. The van der Waals surface area contributed by atoms with E-state index in [0.717, 1.165) is 44.5 Å². The first kappa shape index (κ1) is 15.8. The monoisotopic (exact) mass is 316 g/mol. The van der Waals surface area contributed by atoms with E-state index >= 15 is 0 Å². The van der Waals surface area contributed by atoms with Crippen molar-refractivity contribution < 1.29 is 14.7 Å². The smallest absolute Gasteiger partial charge is 0.229 e. The van der Waals surface area contributed by atoms with Crippen molar-refractivity contribution in [2.45, 2.75) is 38.5 Å². The number of likely N-dealkylation sites (tertiary alicyclic amines) is 1. The van der Waals surface area contributed by atoms with Crippen LogP contribution in [0.15, 0.2) is 24.3 Å². The van der Waals surface area contributed by atoms with E-state index in [0.29, 0.717) is 6.42 Å². The largest absolute Gasteiger partial charge is 0.508 e. The minimum atomic E-state index is -0.198. The van der Waals surface area contributed by atoms with Crippen molar-refractivity contribution in [1.29, 1.82) is 0 Å². The van der Waals surface area contributed by atoms with Crippen molar-refractivity contribution in [3.05, 3.63) is 29.8 Å². The fraction of sp³-hybridized carbons (Fsp3) is 0.556. The lowest BCUT2D eigenvalue weighted by Gasteiger charge is -2.44. The van der Waals surface area contributed by atoms with Gasteiger partial charge < -0.3 is 15.3 Å². The molecular weight excluding hydrogens is 292 g/mol. The molecule has 124 valence electrons. The summed E-state index contributed by atoms with van der Waals surface area (Å²) >= 11 is 0. The topological polar surface area (TPSA) is 69.6 Å². The molecule has 2 aliphatic rings. The molecule has 1 unspecified atom stereocenters. The van der Waals surface area contributed by atoms with Gasteiger partial charge in [0.25, 0.3) is 0 Å². The summed E-state index contributed by atoms with van der Waals surface area (Å²) in [6.45, 7) is 4.19. The van der Waals surface area contributed by atoms with Gasteiger partial charge in [-0.3, -0.25) is 9.59 Å². The third-order valence-corrected chi connectivity index (χ3v) is 5.44. The Labute approximate surface area is 136 Å². The number of nitrogens with one attached hydrogen (secondary N) is 1. The van der Waals surface area contributed by atoms with E-state index in [1.807, 2.05) is 11.8 Å². The van der Waals surface area contributed by atoms with Crippen molar-refractivity contribution in [3.63, 3.8) is 0 Å². The van der Waals surface area contributed by atoms with Crippen molar-refractivity contribution in [2.24, 2.45) is 5.41 Å². The Balaban J connectivity index is 1.59. The standard InChI is InChI=1S/C18H24N2O3/c1-13(14-2-4-15(21)5-3-14)17(23)20-10-8-18(9-11-20)7-6-16(22)19-12-18/h2-5,13,21H,6-12H2,1H3,(H,19,22). The molecule has 3 rings (SSSR count). The molecule has 2 heterocycles. The van der Waals surface area contributed by atoms with Crippen LogP contribution in [0.1, 0.15) is 44.1 Å². The Morgan fingerprint density at radius 2 is 1.87 bits per heavy atom. The molecule has 2 aliphatic heterocycles. The number of nitrogens with zero attached hydrogens (tertiary/aromatic N) is 1. The van der Waals surface area contributed by atoms with E-state index in [9.17, 15) is 14.7 Å². The van der Waals surface area contributed by atoms with Crippen LogP contribution in [-0.2, 0) is 9.59 Å². The van der Waals surface area contributed by atoms with E-state index in [-0.39, 0.29) is 28.9 Å². The van der Waals surface area contributed by atoms with Gasteiger partial charge in [0.1, 0.15) is 5.75 Å². The minimum Gasteiger partial charge on any atom is -0.508 e. The maximum atomic E-state index is 12.7. The fourth-order valence-corrected chi connectivity index (χ4v) is 3.65. The molecule has 2 amide bonds. The number of carbonyl (C=O) groups excluding carboxylic acids is 2. The second-order valence-corrected chi connectivity index (χ2v) is 6.92. The molecule has 1 aromatic carbocycles. The molecule has 0 saturated carbocycles. The first-order valence-corrected chi connectivity index (χ1v) is 8.34. The number of aromatic hydroxyl groups is 1. The molecule has 2 fully saturated rings. The maximum absolute atomic E-state index is 12.7. The second-order valence-electron chi connectivity index (χ2n) is 6.92. The Morgan fingerprint density at radius 1 is 1.22 bits per heavy atom. The summed E-state index contributed by atoms with van der Waals surface area (Å²) in [5.41, 5.74) is 1.12. The second kappa shape index (κ2) is 6.22. The highest BCUT2D eigenvalue weighted by Crippen LogP contribution is 2.38. The van der Waals surface area contributed by atoms with Gasteiger partial charge in [-0.1, -0.05) is 12.1 Å². The molecule has 5 nitrogen and oxygen atoms in total. The highest BCUT2D eigenvalue weighted by Gasteiger charge is 2.39. The summed E-state index contributed by atoms with van der Waals surface area (Å²) in [6.07, 6.45) is 3.47. The van der Waals surface area contributed by atoms with Crippen molar-refractivity contribution in [1.82, 2.24) is 10.2 Å². The van der Waals surface area contributed by atoms with Gasteiger partial charge in [0, 0.05) is 26.1 Å². The lowest BCUT2D eigenvalue weighted by atomic mass is 9.73. The van der Waals surface area contributed by atoms with Crippen LogP contribution in [0.5, 0.6) is 5.75 Å². The van der Waals surface area contributed by atoms with Crippen LogP contribution in [0.3, 0.4) is 0 Å². The zero-order chi connectivity index (χ0) is 16.4.